The summed E-state index contributed by atoms with van der Waals surface area (Å²) in [4.78, 5) is 112. The van der Waals surface area contributed by atoms with Crippen LogP contribution in [0.1, 0.15) is 112 Å². The molecule has 2 rings (SSSR count). The molecule has 0 unspecified atom stereocenters. The Morgan fingerprint density at radius 2 is 0.878 bits per heavy atom. The average molecular weight is 1190 g/mol. The largest absolute Gasteiger partial charge is 0.573 e. The second kappa shape index (κ2) is 30.5. The summed E-state index contributed by atoms with van der Waals surface area (Å²) < 4.78 is 138. The molecule has 2 N–H and O–H groups in total. The van der Waals surface area contributed by atoms with Gasteiger partial charge in [-0.25, -0.2) is 28.0 Å². The van der Waals surface area contributed by atoms with Crippen molar-refractivity contribution in [2.45, 2.75) is 187 Å². The summed E-state index contributed by atoms with van der Waals surface area (Å²) in [6, 6.07) is 2.33. The highest BCUT2D eigenvalue weighted by atomic mass is 19.4. The topological polar surface area (TPSA) is 234 Å². The third kappa shape index (κ3) is 24.7. The van der Waals surface area contributed by atoms with Crippen LogP contribution in [0.2, 0.25) is 0 Å². The predicted octanol–water partition coefficient (Wildman–Crippen LogP) is 7.87. The first kappa shape index (κ1) is 71.3. The maximum atomic E-state index is 15.6. The highest BCUT2D eigenvalue weighted by molar-refractivity contribution is 5.93. The Labute approximate surface area is 471 Å². The van der Waals surface area contributed by atoms with E-state index >= 15 is 8.78 Å². The zero-order valence-electron chi connectivity index (χ0n) is 48.4. The number of benzene rings is 2. The van der Waals surface area contributed by atoms with Crippen LogP contribution in [0, 0.1) is 11.8 Å². The molecule has 0 spiro atoms. The molecule has 0 aliphatic heterocycles. The summed E-state index contributed by atoms with van der Waals surface area (Å²) in [6.45, 7) is 13.6. The number of rotatable bonds is 31. The molecule has 0 saturated heterocycles. The second-order valence-corrected chi connectivity index (χ2v) is 21.8. The molecule has 0 fully saturated rings. The van der Waals surface area contributed by atoms with Gasteiger partial charge in [-0.15, -0.1) is 26.3 Å². The fraction of sp³-hybridized carbons (Fsp3) is 0.636. The van der Waals surface area contributed by atoms with Crippen molar-refractivity contribution in [1.82, 2.24) is 20.0 Å². The molecular formula is C55H76F8N4O15. The van der Waals surface area contributed by atoms with Gasteiger partial charge in [0.2, 0.25) is 6.10 Å². The predicted molar refractivity (Wildman–Crippen MR) is 278 cm³/mol. The van der Waals surface area contributed by atoms with Crippen LogP contribution < -0.4 is 14.8 Å². The standard InChI is InChI=1S/C55H76F8N4O15/c1-30(2)25-38(64-11)48(73)77-32(5)44(68)66(13)40(28-52(7,8)56)50(75)79-42(24-19-34-15-20-36(21-16-34)81-54(58,59)60)46(70)65(12)39(26-31(3)4)49(74)78-33(6)45(69)67(14)41(29-53(9,10)57)51(76)80-43(47(71)72)27-35-17-22-37(23-18-35)82-55(61,62)63/h15-18,20-23,30-33,38-43,64H,19,24-29H2,1-14H3,(H,71,72)/t32-,33-,38+,39-,40+,41+,42-,43-/m1/s1. The number of aliphatic carboxylic acids is 1. The molecule has 3 amide bonds. The Kier molecular flexibility index (Phi) is 26.5. The molecule has 19 nitrogen and oxygen atoms in total. The molecule has 0 radical (unpaired) electrons. The molecule has 0 aliphatic rings. The summed E-state index contributed by atoms with van der Waals surface area (Å²) in [6.07, 6.45) is -19.8. The first-order valence-electron chi connectivity index (χ1n) is 26.1. The minimum atomic E-state index is -5.02. The number of nitrogens with zero attached hydrogens (tertiary/aromatic N) is 3. The number of halogens is 8. The van der Waals surface area contributed by atoms with Gasteiger partial charge in [0.15, 0.2) is 18.3 Å². The van der Waals surface area contributed by atoms with E-state index in [1.165, 1.54) is 26.1 Å². The fourth-order valence-corrected chi connectivity index (χ4v) is 8.26. The SMILES string of the molecule is CN[C@@H](CC(C)C)C(=O)O[C@H](C)C(=O)N(C)[C@@H](CC(C)(C)F)C(=O)O[C@H](CCc1ccc(OC(F)(F)F)cc1)C(=O)N(C)[C@H](CC(C)C)C(=O)O[C@H](C)C(=O)N(C)[C@@H](CC(C)(C)F)C(=O)O[C@H](Cc1ccc(OC(F)(F)F)cc1)C(=O)O. The molecule has 27 heteroatoms. The maximum Gasteiger partial charge on any atom is 0.573 e. The van der Waals surface area contributed by atoms with E-state index in [0.717, 1.165) is 102 Å². The molecule has 8 atom stereocenters. The smallest absolute Gasteiger partial charge is 0.478 e. The van der Waals surface area contributed by atoms with Gasteiger partial charge in [-0.3, -0.25) is 19.2 Å². The Bertz CT molecular complexity index is 2460. The van der Waals surface area contributed by atoms with Crippen molar-refractivity contribution < 1.29 is 107 Å². The van der Waals surface area contributed by atoms with E-state index < -0.39 is 163 Å². The highest BCUT2D eigenvalue weighted by Gasteiger charge is 2.43. The van der Waals surface area contributed by atoms with Crippen molar-refractivity contribution in [1.29, 1.82) is 0 Å². The van der Waals surface area contributed by atoms with Crippen molar-refractivity contribution >= 4 is 47.6 Å². The lowest BCUT2D eigenvalue weighted by molar-refractivity contribution is -0.275. The number of carbonyl (C=O) groups is 8. The minimum absolute atomic E-state index is 0.0446. The summed E-state index contributed by atoms with van der Waals surface area (Å²) in [7, 11) is 4.78. The number of likely N-dealkylation sites (N-methyl/N-ethyl adjacent to an activating group) is 4. The molecule has 462 valence electrons. The number of hydrogen-bond acceptors (Lipinski definition) is 15. The number of carboxylic acids is 1. The van der Waals surface area contributed by atoms with Crippen molar-refractivity contribution in [2.24, 2.45) is 11.8 Å². The number of nitrogens with one attached hydrogen (secondary N) is 1. The monoisotopic (exact) mass is 1180 g/mol. The Balaban J connectivity index is 2.54. The summed E-state index contributed by atoms with van der Waals surface area (Å²) in [5.41, 5.74) is -4.04. The van der Waals surface area contributed by atoms with Gasteiger partial charge in [0.25, 0.3) is 17.7 Å². The third-order valence-corrected chi connectivity index (χ3v) is 12.4. The molecule has 2 aromatic rings. The molecule has 0 heterocycles. The van der Waals surface area contributed by atoms with Crippen LogP contribution in [0.15, 0.2) is 48.5 Å². The van der Waals surface area contributed by atoms with Crippen LogP contribution in [-0.4, -0.2) is 168 Å². The van der Waals surface area contributed by atoms with Crippen LogP contribution >= 0.6 is 0 Å². The van der Waals surface area contributed by atoms with E-state index in [0.29, 0.717) is 16.9 Å². The van der Waals surface area contributed by atoms with Gasteiger partial charge in [-0.2, -0.15) is 0 Å². The van der Waals surface area contributed by atoms with Crippen molar-refractivity contribution in [3.8, 4) is 11.5 Å². The molecule has 0 aromatic heterocycles. The lowest BCUT2D eigenvalue weighted by Crippen LogP contribution is -2.54. The van der Waals surface area contributed by atoms with E-state index in [4.69, 9.17) is 18.9 Å². The van der Waals surface area contributed by atoms with Crippen molar-refractivity contribution in [3.63, 3.8) is 0 Å². The lowest BCUT2D eigenvalue weighted by Gasteiger charge is -2.35. The van der Waals surface area contributed by atoms with Crippen molar-refractivity contribution in [2.75, 3.05) is 28.2 Å². The second-order valence-electron chi connectivity index (χ2n) is 21.8. The van der Waals surface area contributed by atoms with Crippen LogP contribution in [0.25, 0.3) is 0 Å². The summed E-state index contributed by atoms with van der Waals surface area (Å²) in [5.74, 6) is -11.3. The molecular weight excluding hydrogens is 1110 g/mol. The minimum Gasteiger partial charge on any atom is -0.478 e. The number of aryl methyl sites for hydroxylation is 1. The third-order valence-electron chi connectivity index (χ3n) is 12.4. The Morgan fingerprint density at radius 3 is 1.24 bits per heavy atom. The van der Waals surface area contributed by atoms with E-state index in [1.54, 1.807) is 13.8 Å². The molecule has 2 aromatic carbocycles. The maximum absolute atomic E-state index is 15.6. The van der Waals surface area contributed by atoms with Gasteiger partial charge in [-0.1, -0.05) is 52.0 Å². The number of carbonyl (C=O) groups excluding carboxylic acids is 7. The van der Waals surface area contributed by atoms with E-state index in [1.807, 2.05) is 13.8 Å². The Morgan fingerprint density at radius 1 is 0.512 bits per heavy atom. The molecule has 0 aliphatic carbocycles. The number of esters is 4. The first-order chi connectivity index (χ1) is 37.5. The number of alkyl halides is 8. The Hall–Kier alpha value is -6.80. The first-order valence-corrected chi connectivity index (χ1v) is 26.1. The zero-order chi connectivity index (χ0) is 63.0. The van der Waals surface area contributed by atoms with Gasteiger partial charge in [0, 0.05) is 40.4 Å². The zero-order valence-corrected chi connectivity index (χ0v) is 48.4. The molecule has 0 bridgehead atoms. The normalized spacial score (nSPS) is 15.1. The number of carboxylic acid groups (broad SMARTS) is 1. The van der Waals surface area contributed by atoms with Crippen molar-refractivity contribution in [3.05, 3.63) is 59.7 Å². The van der Waals surface area contributed by atoms with Gasteiger partial charge in [0.1, 0.15) is 47.0 Å². The lowest BCUT2D eigenvalue weighted by atomic mass is 9.98. The summed E-state index contributed by atoms with van der Waals surface area (Å²) >= 11 is 0. The van der Waals surface area contributed by atoms with Crippen LogP contribution in [-0.2, 0) is 70.1 Å². The van der Waals surface area contributed by atoms with Crippen LogP contribution in [0.5, 0.6) is 11.5 Å². The highest BCUT2D eigenvalue weighted by Crippen LogP contribution is 2.28. The number of amides is 3. The van der Waals surface area contributed by atoms with Gasteiger partial charge in [0.05, 0.1) is 0 Å². The number of ether oxygens (including phenoxy) is 6. The van der Waals surface area contributed by atoms with E-state index in [9.17, 15) is 69.8 Å². The van der Waals surface area contributed by atoms with Crippen LogP contribution in [0.4, 0.5) is 35.1 Å². The van der Waals surface area contributed by atoms with Crippen LogP contribution in [0.3, 0.4) is 0 Å². The average Bonchev–Trinajstić information content (AvgIpc) is 3.52. The van der Waals surface area contributed by atoms with E-state index in [2.05, 4.69) is 14.8 Å². The van der Waals surface area contributed by atoms with E-state index in [-0.39, 0.29) is 24.3 Å². The van der Waals surface area contributed by atoms with Gasteiger partial charge < -0.3 is 53.5 Å². The summed E-state index contributed by atoms with van der Waals surface area (Å²) in [5, 5.41) is 12.7. The molecule has 82 heavy (non-hydrogen) atoms. The fourth-order valence-electron chi connectivity index (χ4n) is 8.26. The van der Waals surface area contributed by atoms with Gasteiger partial charge >= 0.3 is 42.6 Å². The quantitative estimate of drug-likeness (QED) is 0.0415. The van der Waals surface area contributed by atoms with Gasteiger partial charge in [-0.05, 0) is 122 Å². The molecule has 0 saturated carbocycles. The number of hydrogen-bond donors (Lipinski definition) is 2.